The molecule has 5 nitrogen and oxygen atoms in total. The SMILES string of the molecule is Cc1cc(N)c(S(=O)(=O)N2CCCC2CO)cc1C. The molecule has 1 unspecified atom stereocenters. The van der Waals surface area contributed by atoms with E-state index < -0.39 is 10.0 Å². The van der Waals surface area contributed by atoms with Crippen LogP contribution in [0.15, 0.2) is 17.0 Å². The summed E-state index contributed by atoms with van der Waals surface area (Å²) in [4.78, 5) is 0.149. The average Bonchev–Trinajstić information content (AvgIpc) is 2.82. The molecule has 1 saturated heterocycles. The fraction of sp³-hybridized carbons (Fsp3) is 0.538. The molecule has 3 N–H and O–H groups in total. The first-order chi connectivity index (χ1) is 8.87. The molecule has 1 fully saturated rings. The van der Waals surface area contributed by atoms with Crippen LogP contribution in [0.4, 0.5) is 5.69 Å². The van der Waals surface area contributed by atoms with Gasteiger partial charge in [-0.1, -0.05) is 0 Å². The van der Waals surface area contributed by atoms with Crippen molar-refractivity contribution in [3.63, 3.8) is 0 Å². The van der Waals surface area contributed by atoms with Crippen molar-refractivity contribution < 1.29 is 13.5 Å². The second-order valence-corrected chi connectivity index (χ2v) is 6.93. The Hall–Kier alpha value is -1.11. The molecule has 19 heavy (non-hydrogen) atoms. The van der Waals surface area contributed by atoms with Gasteiger partial charge in [0.2, 0.25) is 10.0 Å². The van der Waals surface area contributed by atoms with Crippen molar-refractivity contribution in [3.8, 4) is 0 Å². The first-order valence-electron chi connectivity index (χ1n) is 6.37. The molecular weight excluding hydrogens is 264 g/mol. The Bertz CT molecular complexity index is 584. The highest BCUT2D eigenvalue weighted by molar-refractivity contribution is 7.89. The van der Waals surface area contributed by atoms with Crippen LogP contribution >= 0.6 is 0 Å². The highest BCUT2D eigenvalue weighted by Crippen LogP contribution is 2.30. The summed E-state index contributed by atoms with van der Waals surface area (Å²) in [6.07, 6.45) is 1.47. The van der Waals surface area contributed by atoms with Crippen LogP contribution < -0.4 is 5.73 Å². The summed E-state index contributed by atoms with van der Waals surface area (Å²) in [6.45, 7) is 4.06. The first-order valence-corrected chi connectivity index (χ1v) is 7.81. The Balaban J connectivity index is 2.48. The van der Waals surface area contributed by atoms with E-state index in [9.17, 15) is 13.5 Å². The highest BCUT2D eigenvalue weighted by atomic mass is 32.2. The minimum Gasteiger partial charge on any atom is -0.398 e. The Morgan fingerprint density at radius 3 is 2.63 bits per heavy atom. The average molecular weight is 284 g/mol. The second-order valence-electron chi connectivity index (χ2n) is 5.07. The molecule has 2 rings (SSSR count). The molecule has 1 aromatic rings. The molecule has 0 bridgehead atoms. The lowest BCUT2D eigenvalue weighted by atomic mass is 10.1. The van der Waals surface area contributed by atoms with E-state index in [0.29, 0.717) is 13.0 Å². The summed E-state index contributed by atoms with van der Waals surface area (Å²) in [5, 5.41) is 9.28. The molecule has 0 spiro atoms. The van der Waals surface area contributed by atoms with Gasteiger partial charge < -0.3 is 10.8 Å². The molecule has 6 heteroatoms. The summed E-state index contributed by atoms with van der Waals surface area (Å²) in [5.74, 6) is 0. The van der Waals surface area contributed by atoms with Crippen LogP contribution in [0.5, 0.6) is 0 Å². The van der Waals surface area contributed by atoms with E-state index in [4.69, 9.17) is 5.73 Å². The van der Waals surface area contributed by atoms with Gasteiger partial charge in [0.15, 0.2) is 0 Å². The summed E-state index contributed by atoms with van der Waals surface area (Å²) in [5.41, 5.74) is 8.00. The maximum absolute atomic E-state index is 12.6. The largest absolute Gasteiger partial charge is 0.398 e. The number of nitrogen functional groups attached to an aromatic ring is 1. The monoisotopic (exact) mass is 284 g/mol. The van der Waals surface area contributed by atoms with E-state index in [0.717, 1.165) is 17.5 Å². The van der Waals surface area contributed by atoms with Crippen LogP contribution in [0, 0.1) is 13.8 Å². The number of nitrogens with two attached hydrogens (primary N) is 1. The Morgan fingerprint density at radius 1 is 1.37 bits per heavy atom. The first kappa shape index (κ1) is 14.3. The lowest BCUT2D eigenvalue weighted by molar-refractivity contribution is 0.213. The predicted octanol–water partition coefficient (Wildman–Crippen LogP) is 1.03. The molecule has 0 radical (unpaired) electrons. The number of hydrogen-bond acceptors (Lipinski definition) is 4. The molecule has 0 saturated carbocycles. The minimum atomic E-state index is -3.62. The maximum atomic E-state index is 12.6. The van der Waals surface area contributed by atoms with E-state index in [1.165, 1.54) is 4.31 Å². The van der Waals surface area contributed by atoms with Crippen molar-refractivity contribution in [1.29, 1.82) is 0 Å². The third-order valence-corrected chi connectivity index (χ3v) is 5.75. The number of hydrogen-bond donors (Lipinski definition) is 2. The van der Waals surface area contributed by atoms with Crippen molar-refractivity contribution in [2.75, 3.05) is 18.9 Å². The number of sulfonamides is 1. The van der Waals surface area contributed by atoms with Gasteiger partial charge in [0.05, 0.1) is 12.3 Å². The molecule has 1 heterocycles. The summed E-state index contributed by atoms with van der Waals surface area (Å²) in [6, 6.07) is 2.98. The van der Waals surface area contributed by atoms with Crippen LogP contribution in [0.1, 0.15) is 24.0 Å². The molecule has 1 aliphatic rings. The Morgan fingerprint density at radius 2 is 2.00 bits per heavy atom. The van der Waals surface area contributed by atoms with Crippen molar-refractivity contribution in [2.24, 2.45) is 0 Å². The van der Waals surface area contributed by atoms with Gasteiger partial charge in [-0.15, -0.1) is 0 Å². The number of nitrogens with zero attached hydrogens (tertiary/aromatic N) is 1. The third-order valence-electron chi connectivity index (χ3n) is 3.75. The van der Waals surface area contributed by atoms with Gasteiger partial charge in [-0.3, -0.25) is 0 Å². The van der Waals surface area contributed by atoms with Gasteiger partial charge >= 0.3 is 0 Å². The third kappa shape index (κ3) is 2.48. The van der Waals surface area contributed by atoms with Gasteiger partial charge in [-0.2, -0.15) is 4.31 Å². The normalized spacial score (nSPS) is 20.9. The minimum absolute atomic E-state index is 0.149. The van der Waals surface area contributed by atoms with Crippen LogP contribution in [-0.2, 0) is 10.0 Å². The number of aliphatic hydroxyl groups excluding tert-OH is 1. The summed E-state index contributed by atoms with van der Waals surface area (Å²) < 4.78 is 26.6. The molecule has 0 amide bonds. The van der Waals surface area contributed by atoms with Crippen LogP contribution in [0.2, 0.25) is 0 Å². The fourth-order valence-electron chi connectivity index (χ4n) is 2.47. The van der Waals surface area contributed by atoms with E-state index >= 15 is 0 Å². The quantitative estimate of drug-likeness (QED) is 0.812. The highest BCUT2D eigenvalue weighted by Gasteiger charge is 2.35. The van der Waals surface area contributed by atoms with Gasteiger partial charge in [0, 0.05) is 12.6 Å². The number of aliphatic hydroxyl groups is 1. The summed E-state index contributed by atoms with van der Waals surface area (Å²) in [7, 11) is -3.62. The zero-order valence-corrected chi connectivity index (χ0v) is 12.1. The van der Waals surface area contributed by atoms with E-state index in [2.05, 4.69) is 0 Å². The van der Waals surface area contributed by atoms with Gasteiger partial charge in [-0.05, 0) is 49.9 Å². The van der Waals surface area contributed by atoms with Crippen molar-refractivity contribution >= 4 is 15.7 Å². The smallest absolute Gasteiger partial charge is 0.245 e. The van der Waals surface area contributed by atoms with Crippen molar-refractivity contribution in [3.05, 3.63) is 23.3 Å². The van der Waals surface area contributed by atoms with Crippen LogP contribution in [-0.4, -0.2) is 37.0 Å². The zero-order valence-electron chi connectivity index (χ0n) is 11.3. The van der Waals surface area contributed by atoms with Crippen molar-refractivity contribution in [2.45, 2.75) is 37.6 Å². The second kappa shape index (κ2) is 5.11. The van der Waals surface area contributed by atoms with Gasteiger partial charge in [0.25, 0.3) is 0 Å². The van der Waals surface area contributed by atoms with Gasteiger partial charge in [0.1, 0.15) is 4.90 Å². The molecule has 1 aromatic carbocycles. The van der Waals surface area contributed by atoms with Crippen LogP contribution in [0.25, 0.3) is 0 Å². The number of aryl methyl sites for hydroxylation is 2. The van der Waals surface area contributed by atoms with E-state index in [1.54, 1.807) is 12.1 Å². The zero-order chi connectivity index (χ0) is 14.2. The predicted molar refractivity (Wildman–Crippen MR) is 74.3 cm³/mol. The van der Waals surface area contributed by atoms with Crippen molar-refractivity contribution in [1.82, 2.24) is 4.31 Å². The number of rotatable bonds is 3. The molecule has 1 atom stereocenters. The topological polar surface area (TPSA) is 83.6 Å². The van der Waals surface area contributed by atoms with E-state index in [-0.39, 0.29) is 23.2 Å². The molecule has 1 aliphatic heterocycles. The van der Waals surface area contributed by atoms with E-state index in [1.807, 2.05) is 13.8 Å². The number of anilines is 1. The molecule has 0 aromatic heterocycles. The lowest BCUT2D eigenvalue weighted by Crippen LogP contribution is -2.37. The fourth-order valence-corrected chi connectivity index (χ4v) is 4.34. The molecular formula is C13H20N2O3S. The lowest BCUT2D eigenvalue weighted by Gasteiger charge is -2.23. The molecule has 0 aliphatic carbocycles. The Labute approximate surface area is 114 Å². The Kier molecular flexibility index (Phi) is 3.85. The summed E-state index contributed by atoms with van der Waals surface area (Å²) >= 11 is 0. The molecule has 106 valence electrons. The maximum Gasteiger partial charge on any atom is 0.245 e. The van der Waals surface area contributed by atoms with Crippen LogP contribution in [0.3, 0.4) is 0 Å². The van der Waals surface area contributed by atoms with Gasteiger partial charge in [-0.25, -0.2) is 8.42 Å². The standard InChI is InChI=1S/C13H20N2O3S/c1-9-6-12(14)13(7-10(9)2)19(17,18)15-5-3-4-11(15)8-16/h6-7,11,16H,3-5,8,14H2,1-2H3. The number of benzene rings is 1.